The van der Waals surface area contributed by atoms with Gasteiger partial charge < -0.3 is 4.74 Å². The lowest BCUT2D eigenvalue weighted by atomic mass is 10.1. The Morgan fingerprint density at radius 1 is 0.839 bits per heavy atom. The summed E-state index contributed by atoms with van der Waals surface area (Å²) in [6.07, 6.45) is 0. The van der Waals surface area contributed by atoms with E-state index >= 15 is 0 Å². The molecular formula is C23H18N4O4. The molecule has 0 aliphatic carbocycles. The second-order valence-electron chi connectivity index (χ2n) is 6.59. The van der Waals surface area contributed by atoms with E-state index in [2.05, 4.69) is 16.0 Å². The molecule has 4 aromatic rings. The monoisotopic (exact) mass is 414 g/mol. The van der Waals surface area contributed by atoms with E-state index in [0.29, 0.717) is 27.8 Å². The topological polar surface area (TPSA) is 102 Å². The molecule has 1 heterocycles. The third-order valence-corrected chi connectivity index (χ3v) is 4.64. The molecule has 4 rings (SSSR count). The van der Waals surface area contributed by atoms with Gasteiger partial charge in [0.2, 0.25) is 0 Å². The minimum atomic E-state index is -0.655. The van der Waals surface area contributed by atoms with Crippen molar-refractivity contribution in [2.75, 3.05) is 7.11 Å². The van der Waals surface area contributed by atoms with Gasteiger partial charge in [0, 0.05) is 10.9 Å². The van der Waals surface area contributed by atoms with Crippen molar-refractivity contribution in [2.24, 2.45) is 0 Å². The molecular weight excluding hydrogens is 396 g/mol. The lowest BCUT2D eigenvalue weighted by Crippen LogP contribution is -2.42. The molecule has 8 nitrogen and oxygen atoms in total. The summed E-state index contributed by atoms with van der Waals surface area (Å²) in [5.74, 6) is -0.661. The molecule has 0 spiro atoms. The van der Waals surface area contributed by atoms with Crippen LogP contribution in [-0.2, 0) is 0 Å². The molecule has 8 heteroatoms. The number of fused-ring (bicyclic) bond motifs is 1. The molecule has 0 saturated heterocycles. The Kier molecular flexibility index (Phi) is 5.44. The molecule has 1 aromatic heterocycles. The highest BCUT2D eigenvalue weighted by atomic mass is 16.5. The van der Waals surface area contributed by atoms with E-state index in [4.69, 9.17) is 4.74 Å². The third-order valence-electron chi connectivity index (χ3n) is 4.64. The van der Waals surface area contributed by atoms with Crippen LogP contribution in [0.1, 0.15) is 20.8 Å². The number of nitrogens with one attached hydrogen (secondary N) is 2. The number of hydrazine groups is 1. The van der Waals surface area contributed by atoms with Crippen LogP contribution in [0.3, 0.4) is 0 Å². The van der Waals surface area contributed by atoms with Crippen LogP contribution in [0, 0.1) is 0 Å². The van der Waals surface area contributed by atoms with Crippen molar-refractivity contribution in [3.63, 3.8) is 0 Å². The summed E-state index contributed by atoms with van der Waals surface area (Å²) < 4.78 is 6.27. The number of methoxy groups -OCH3 is 1. The molecule has 0 fully saturated rings. The number of nitrogens with zero attached hydrogens (tertiary/aromatic N) is 2. The Hall–Kier alpha value is -4.46. The highest BCUT2D eigenvalue weighted by Crippen LogP contribution is 2.15. The zero-order valence-corrected chi connectivity index (χ0v) is 16.5. The van der Waals surface area contributed by atoms with Crippen LogP contribution in [0.25, 0.3) is 16.5 Å². The summed E-state index contributed by atoms with van der Waals surface area (Å²) in [5.41, 5.74) is 5.22. The smallest absolute Gasteiger partial charge is 0.290 e. The van der Waals surface area contributed by atoms with Crippen molar-refractivity contribution in [1.82, 2.24) is 20.6 Å². The minimum Gasteiger partial charge on any atom is -0.497 e. The number of rotatable bonds is 4. The summed E-state index contributed by atoms with van der Waals surface area (Å²) in [6, 6.07) is 22.0. The Morgan fingerprint density at radius 3 is 2.26 bits per heavy atom. The van der Waals surface area contributed by atoms with Crippen molar-refractivity contribution in [3.05, 3.63) is 100 Å². The lowest BCUT2D eigenvalue weighted by molar-refractivity contribution is 0.0844. The predicted molar refractivity (Wildman–Crippen MR) is 115 cm³/mol. The van der Waals surface area contributed by atoms with Crippen molar-refractivity contribution < 1.29 is 14.3 Å². The van der Waals surface area contributed by atoms with Gasteiger partial charge in [-0.15, -0.1) is 0 Å². The van der Waals surface area contributed by atoms with E-state index in [0.717, 1.165) is 0 Å². The first kappa shape index (κ1) is 19.8. The Bertz CT molecular complexity index is 1330. The summed E-state index contributed by atoms with van der Waals surface area (Å²) in [4.78, 5) is 38.2. The number of ether oxygens (including phenoxy) is 1. The van der Waals surface area contributed by atoms with Crippen molar-refractivity contribution in [1.29, 1.82) is 0 Å². The van der Waals surface area contributed by atoms with Gasteiger partial charge in [0.15, 0.2) is 5.69 Å². The zero-order chi connectivity index (χ0) is 21.8. The minimum absolute atomic E-state index is 0.00463. The van der Waals surface area contributed by atoms with Crippen molar-refractivity contribution in [3.8, 4) is 11.4 Å². The second kappa shape index (κ2) is 8.50. The van der Waals surface area contributed by atoms with Crippen molar-refractivity contribution in [2.45, 2.75) is 0 Å². The number of benzene rings is 3. The summed E-state index contributed by atoms with van der Waals surface area (Å²) in [6.45, 7) is 0. The lowest BCUT2D eigenvalue weighted by Gasteiger charge is -2.12. The largest absolute Gasteiger partial charge is 0.497 e. The maximum atomic E-state index is 12.9. The number of para-hydroxylation sites is 1. The number of amides is 2. The zero-order valence-electron chi connectivity index (χ0n) is 16.5. The SMILES string of the molecule is COc1cccc(C(=O)NNC(=O)c2nn(-c3ccccc3)c(=O)c3ccccc23)c1. The van der Waals surface area contributed by atoms with Crippen LogP contribution in [-0.4, -0.2) is 28.7 Å². The standard InChI is InChI=1S/C23H18N4O4/c1-31-17-11-7-8-15(14-17)21(28)24-25-22(29)20-18-12-5-6-13-19(18)23(30)27(26-20)16-9-3-2-4-10-16/h2-14H,1H3,(H,24,28)(H,25,29). The Balaban J connectivity index is 1.67. The van der Waals surface area contributed by atoms with Gasteiger partial charge in [-0.1, -0.05) is 42.5 Å². The van der Waals surface area contributed by atoms with E-state index < -0.39 is 11.8 Å². The van der Waals surface area contributed by atoms with Gasteiger partial charge in [0.05, 0.1) is 18.2 Å². The molecule has 0 unspecified atom stereocenters. The van der Waals surface area contributed by atoms with Crippen LogP contribution in [0.15, 0.2) is 83.7 Å². The van der Waals surface area contributed by atoms with Gasteiger partial charge in [0.1, 0.15) is 5.75 Å². The van der Waals surface area contributed by atoms with Gasteiger partial charge in [0.25, 0.3) is 17.4 Å². The number of aromatic nitrogens is 2. The van der Waals surface area contributed by atoms with E-state index in [1.165, 1.54) is 11.8 Å². The van der Waals surface area contributed by atoms with Gasteiger partial charge >= 0.3 is 0 Å². The average Bonchev–Trinajstić information content (AvgIpc) is 2.83. The number of carbonyl (C=O) groups excluding carboxylic acids is 2. The van der Waals surface area contributed by atoms with Gasteiger partial charge in [-0.05, 0) is 36.4 Å². The fourth-order valence-electron chi connectivity index (χ4n) is 3.11. The maximum Gasteiger partial charge on any atom is 0.290 e. The number of hydrogen-bond acceptors (Lipinski definition) is 5. The highest BCUT2D eigenvalue weighted by Gasteiger charge is 2.18. The molecule has 0 aliphatic heterocycles. The average molecular weight is 414 g/mol. The van der Waals surface area contributed by atoms with E-state index in [1.807, 2.05) is 6.07 Å². The summed E-state index contributed by atoms with van der Waals surface area (Å²) in [7, 11) is 1.50. The van der Waals surface area contributed by atoms with E-state index in [-0.39, 0.29) is 11.3 Å². The highest BCUT2D eigenvalue weighted by molar-refractivity contribution is 6.06. The molecule has 3 aromatic carbocycles. The van der Waals surface area contributed by atoms with E-state index in [1.54, 1.807) is 72.8 Å². The fourth-order valence-corrected chi connectivity index (χ4v) is 3.11. The third kappa shape index (κ3) is 3.99. The first-order valence-electron chi connectivity index (χ1n) is 9.40. The number of carbonyl (C=O) groups is 2. The van der Waals surface area contributed by atoms with Crippen LogP contribution in [0.5, 0.6) is 5.75 Å². The molecule has 2 amide bonds. The Morgan fingerprint density at radius 2 is 1.52 bits per heavy atom. The second-order valence-corrected chi connectivity index (χ2v) is 6.59. The normalized spacial score (nSPS) is 10.5. The maximum absolute atomic E-state index is 12.9. The molecule has 2 N–H and O–H groups in total. The summed E-state index contributed by atoms with van der Waals surface area (Å²) >= 11 is 0. The molecule has 0 atom stereocenters. The van der Waals surface area contributed by atoms with E-state index in [9.17, 15) is 14.4 Å². The molecule has 0 saturated carbocycles. The summed E-state index contributed by atoms with van der Waals surface area (Å²) in [5, 5.41) is 4.99. The van der Waals surface area contributed by atoms with Crippen LogP contribution in [0.2, 0.25) is 0 Å². The molecule has 0 aliphatic rings. The molecule has 0 radical (unpaired) electrons. The van der Waals surface area contributed by atoms with Gasteiger partial charge in [-0.25, -0.2) is 0 Å². The quantitative estimate of drug-likeness (QED) is 0.500. The predicted octanol–water partition coefficient (Wildman–Crippen LogP) is 2.47. The van der Waals surface area contributed by atoms with Crippen LogP contribution < -0.4 is 21.1 Å². The van der Waals surface area contributed by atoms with Gasteiger partial charge in [-0.3, -0.25) is 25.2 Å². The van der Waals surface area contributed by atoms with Gasteiger partial charge in [-0.2, -0.15) is 9.78 Å². The Labute approximate surface area is 177 Å². The fraction of sp³-hybridized carbons (Fsp3) is 0.0435. The van der Waals surface area contributed by atoms with Crippen LogP contribution in [0.4, 0.5) is 0 Å². The first-order chi connectivity index (χ1) is 15.1. The molecule has 0 bridgehead atoms. The molecule has 31 heavy (non-hydrogen) atoms. The first-order valence-corrected chi connectivity index (χ1v) is 9.40. The van der Waals surface area contributed by atoms with Crippen LogP contribution >= 0.6 is 0 Å². The number of hydrogen-bond donors (Lipinski definition) is 2. The molecule has 154 valence electrons. The van der Waals surface area contributed by atoms with Crippen molar-refractivity contribution >= 4 is 22.6 Å².